The number of rotatable bonds is 75. The molecule has 12 unspecified atom stereocenters. The molecular weight excluding hydrogens is 1340 g/mol. The van der Waals surface area contributed by atoms with E-state index in [-0.39, 0.29) is 18.9 Å². The molecule has 2 heterocycles. The summed E-state index contributed by atoms with van der Waals surface area (Å²) in [5.74, 6) is -0.236. The van der Waals surface area contributed by atoms with Crippen LogP contribution in [0.25, 0.3) is 0 Å². The van der Waals surface area contributed by atoms with E-state index in [1.54, 1.807) is 6.08 Å². The van der Waals surface area contributed by atoms with Gasteiger partial charge in [-0.15, -0.1) is 0 Å². The smallest absolute Gasteiger partial charge is 0.220 e. The summed E-state index contributed by atoms with van der Waals surface area (Å²) in [6.45, 7) is 2.74. The highest BCUT2D eigenvalue weighted by Gasteiger charge is 2.51. The fraction of sp³-hybridized carbons (Fsp3) is 0.796. The summed E-state index contributed by atoms with van der Waals surface area (Å²) in [5, 5.41) is 87.9. The summed E-state index contributed by atoms with van der Waals surface area (Å²) in [5.41, 5.74) is 0. The second-order valence-corrected chi connectivity index (χ2v) is 31.0. The molecule has 2 fully saturated rings. The first-order valence-electron chi connectivity index (χ1n) is 44.6. The van der Waals surface area contributed by atoms with Crippen LogP contribution in [0.4, 0.5) is 0 Å². The molecule has 0 aromatic rings. The van der Waals surface area contributed by atoms with Crippen LogP contribution in [0.15, 0.2) is 109 Å². The van der Waals surface area contributed by atoms with Gasteiger partial charge >= 0.3 is 0 Å². The normalized spacial score (nSPS) is 21.7. The standard InChI is InChI=1S/C93H165NO13/c1-3-5-7-9-11-13-15-17-19-21-23-25-27-29-31-33-35-37-38-39-40-41-42-43-44-45-47-49-51-53-55-57-59-61-63-65-67-69-71-73-75-77-85(98)94-81(80-104-92-90(103)88(101)91(84(79-96)106-92)107-93-89(102)87(100)86(99)83(78-95)105-93)82(97)76-74-72-70-68-66-64-62-60-58-56-54-52-50-48-46-36-34-32-30-28-26-24-22-20-18-16-14-12-10-8-6-4-2/h5,7,11,13,17,19,23,25,29,31,35,37,39-40,42-43,74,76,81-84,86-93,95-97,99-103H,3-4,6,8-10,12,14-16,18,20-22,24,26-28,30,32-34,36,38,41,44-73,75,77-80H2,1-2H3,(H,94,98)/b7-5-,13-11-,19-17-,25-23-,31-29-,37-35-,40-39-,43-42-,76-74+. The predicted octanol–water partition coefficient (Wildman–Crippen LogP) is 21.8. The quantitative estimate of drug-likeness (QED) is 0.0204. The molecule has 2 aliphatic rings. The SMILES string of the molecule is CC/C=C\C/C=C\C/C=C\C/C=C\C/C=C\C/C=C\C/C=C\C/C=C\CCCCCCCCCCCCCCCCCCC(=O)NC(COC1OC(CO)C(OC2OC(CO)C(O)C(O)C2O)C(O)C1O)C(O)/C=C/CCCCCCCCCCCCCCCCCCCCCCCCCCCCCCCC. The topological polar surface area (TPSA) is 228 Å². The number of unbranched alkanes of at least 4 members (excludes halogenated alkanes) is 46. The van der Waals surface area contributed by atoms with Crippen molar-refractivity contribution in [1.29, 1.82) is 0 Å². The van der Waals surface area contributed by atoms with Crippen molar-refractivity contribution < 1.29 is 64.6 Å². The Morgan fingerprint density at radius 1 is 0.346 bits per heavy atom. The number of aliphatic hydroxyl groups is 8. The Morgan fingerprint density at radius 3 is 0.991 bits per heavy atom. The minimum Gasteiger partial charge on any atom is -0.394 e. The van der Waals surface area contributed by atoms with E-state index in [4.69, 9.17) is 18.9 Å². The molecule has 0 radical (unpaired) electrons. The molecule has 14 heteroatoms. The van der Waals surface area contributed by atoms with Crippen LogP contribution in [0.2, 0.25) is 0 Å². The molecule has 1 amide bonds. The Hall–Kier alpha value is -3.35. The second kappa shape index (κ2) is 75.3. The maximum absolute atomic E-state index is 13.4. The zero-order chi connectivity index (χ0) is 77.2. The number of hydrogen-bond acceptors (Lipinski definition) is 13. The van der Waals surface area contributed by atoms with Gasteiger partial charge in [-0.1, -0.05) is 399 Å². The van der Waals surface area contributed by atoms with Crippen LogP contribution in [0.5, 0.6) is 0 Å². The van der Waals surface area contributed by atoms with Crippen LogP contribution in [-0.2, 0) is 23.7 Å². The van der Waals surface area contributed by atoms with Gasteiger partial charge in [-0.2, -0.15) is 0 Å². The number of amides is 1. The summed E-state index contributed by atoms with van der Waals surface area (Å²) in [7, 11) is 0. The van der Waals surface area contributed by atoms with Gasteiger partial charge in [-0.05, 0) is 83.5 Å². The van der Waals surface area contributed by atoms with Gasteiger partial charge in [0, 0.05) is 6.42 Å². The molecule has 9 N–H and O–H groups in total. The molecule has 2 saturated heterocycles. The highest BCUT2D eigenvalue weighted by atomic mass is 16.7. The van der Waals surface area contributed by atoms with E-state index >= 15 is 0 Å². The number of allylic oxidation sites excluding steroid dienone is 17. The third-order valence-corrected chi connectivity index (χ3v) is 21.2. The zero-order valence-electron chi connectivity index (χ0n) is 68.4. The largest absolute Gasteiger partial charge is 0.394 e. The first kappa shape index (κ1) is 99.7. The second-order valence-electron chi connectivity index (χ2n) is 31.0. The van der Waals surface area contributed by atoms with Crippen molar-refractivity contribution in [2.45, 2.75) is 453 Å². The Balaban J connectivity index is 1.58. The average Bonchev–Trinajstić information content (AvgIpc) is 0.789. The van der Waals surface area contributed by atoms with E-state index in [9.17, 15) is 45.6 Å². The molecule has 14 nitrogen and oxygen atoms in total. The van der Waals surface area contributed by atoms with Crippen molar-refractivity contribution in [3.63, 3.8) is 0 Å². The molecule has 2 rings (SSSR count). The van der Waals surface area contributed by atoms with Gasteiger partial charge in [0.1, 0.15) is 48.8 Å². The van der Waals surface area contributed by atoms with Crippen LogP contribution in [0.3, 0.4) is 0 Å². The first-order valence-corrected chi connectivity index (χ1v) is 44.6. The molecule has 0 aliphatic carbocycles. The fourth-order valence-corrected chi connectivity index (χ4v) is 14.3. The van der Waals surface area contributed by atoms with Crippen molar-refractivity contribution in [3.8, 4) is 0 Å². The van der Waals surface area contributed by atoms with Gasteiger partial charge < -0.3 is 65.1 Å². The maximum atomic E-state index is 13.4. The van der Waals surface area contributed by atoms with Gasteiger partial charge in [-0.25, -0.2) is 0 Å². The van der Waals surface area contributed by atoms with Crippen LogP contribution < -0.4 is 5.32 Å². The average molecular weight is 1510 g/mol. The summed E-state index contributed by atoms with van der Waals surface area (Å²) in [4.78, 5) is 13.4. The minimum absolute atomic E-state index is 0.236. The summed E-state index contributed by atoms with van der Waals surface area (Å²) < 4.78 is 23.0. The summed E-state index contributed by atoms with van der Waals surface area (Å²) in [6.07, 6.45) is 93.3. The summed E-state index contributed by atoms with van der Waals surface area (Å²) in [6, 6.07) is -0.922. The molecule has 0 aromatic heterocycles. The number of carbonyl (C=O) groups is 1. The Bertz CT molecular complexity index is 2220. The lowest BCUT2D eigenvalue weighted by Gasteiger charge is -2.46. The van der Waals surface area contributed by atoms with Crippen molar-refractivity contribution in [2.24, 2.45) is 0 Å². The Labute approximate surface area is 655 Å². The van der Waals surface area contributed by atoms with Crippen molar-refractivity contribution in [1.82, 2.24) is 5.32 Å². The number of ether oxygens (including phenoxy) is 4. The molecule has 0 saturated carbocycles. The lowest BCUT2D eigenvalue weighted by atomic mass is 9.97. The van der Waals surface area contributed by atoms with Gasteiger partial charge in [0.15, 0.2) is 12.6 Å². The predicted molar refractivity (Wildman–Crippen MR) is 447 cm³/mol. The van der Waals surface area contributed by atoms with Crippen LogP contribution in [0, 0.1) is 0 Å². The van der Waals surface area contributed by atoms with Crippen LogP contribution in [-0.4, -0.2) is 140 Å². The van der Waals surface area contributed by atoms with Gasteiger partial charge in [-0.3, -0.25) is 4.79 Å². The highest BCUT2D eigenvalue weighted by Crippen LogP contribution is 2.30. The lowest BCUT2D eigenvalue weighted by molar-refractivity contribution is -0.359. The molecule has 12 atom stereocenters. The third-order valence-electron chi connectivity index (χ3n) is 21.2. The number of hydrogen-bond donors (Lipinski definition) is 9. The Morgan fingerprint density at radius 2 is 0.645 bits per heavy atom. The molecule has 0 spiro atoms. The molecule has 2 aliphatic heterocycles. The molecule has 620 valence electrons. The van der Waals surface area contributed by atoms with Gasteiger partial charge in [0.05, 0.1) is 32.0 Å². The summed E-state index contributed by atoms with van der Waals surface area (Å²) >= 11 is 0. The van der Waals surface area contributed by atoms with E-state index in [0.29, 0.717) is 6.42 Å². The molecule has 107 heavy (non-hydrogen) atoms. The number of carbonyl (C=O) groups excluding carboxylic acids is 1. The van der Waals surface area contributed by atoms with Crippen molar-refractivity contribution >= 4 is 5.91 Å². The van der Waals surface area contributed by atoms with Crippen molar-refractivity contribution in [3.05, 3.63) is 109 Å². The highest BCUT2D eigenvalue weighted by molar-refractivity contribution is 5.76. The van der Waals surface area contributed by atoms with Crippen LogP contribution >= 0.6 is 0 Å². The Kier molecular flexibility index (Phi) is 70.2. The number of aliphatic hydroxyl groups excluding tert-OH is 8. The van der Waals surface area contributed by atoms with Crippen LogP contribution in [0.1, 0.15) is 380 Å². The van der Waals surface area contributed by atoms with Gasteiger partial charge in [0.2, 0.25) is 5.91 Å². The number of nitrogens with one attached hydrogen (secondary N) is 1. The molecular formula is C93H165NO13. The van der Waals surface area contributed by atoms with E-state index < -0.39 is 86.8 Å². The molecule has 0 aromatic carbocycles. The minimum atomic E-state index is -1.79. The van der Waals surface area contributed by atoms with E-state index in [0.717, 1.165) is 89.9 Å². The fourth-order valence-electron chi connectivity index (χ4n) is 14.3. The van der Waals surface area contributed by atoms with E-state index in [1.807, 2.05) is 6.08 Å². The maximum Gasteiger partial charge on any atom is 0.220 e. The first-order chi connectivity index (χ1) is 52.6. The van der Waals surface area contributed by atoms with E-state index in [1.165, 1.54) is 263 Å². The monoisotopic (exact) mass is 1500 g/mol. The zero-order valence-corrected chi connectivity index (χ0v) is 68.4. The molecule has 0 bridgehead atoms. The lowest BCUT2D eigenvalue weighted by Crippen LogP contribution is -2.65. The van der Waals surface area contributed by atoms with E-state index in [2.05, 4.69) is 116 Å². The van der Waals surface area contributed by atoms with Crippen molar-refractivity contribution in [2.75, 3.05) is 19.8 Å². The third kappa shape index (κ3) is 57.4. The van der Waals surface area contributed by atoms with Gasteiger partial charge in [0.25, 0.3) is 0 Å².